The fourth-order valence-electron chi connectivity index (χ4n) is 2.22. The summed E-state index contributed by atoms with van der Waals surface area (Å²) >= 11 is 3.06. The van der Waals surface area contributed by atoms with Crippen molar-refractivity contribution in [2.45, 2.75) is 31.4 Å². The highest BCUT2D eigenvalue weighted by atomic mass is 79.9. The molecule has 1 aliphatic rings. The lowest BCUT2D eigenvalue weighted by molar-refractivity contribution is -0.385. The van der Waals surface area contributed by atoms with Gasteiger partial charge in [0.15, 0.2) is 0 Å². The number of non-ortho nitro benzene ring substituents is 1. The molecule has 0 saturated heterocycles. The van der Waals surface area contributed by atoms with Crippen molar-refractivity contribution in [2.24, 2.45) is 11.7 Å². The standard InChI is InChI=1S/C12H15BrN2O4.ClH/c13-9-5-7(15(18)19)4-8(12(9)17)10(14)11(16)6-2-1-3-6;/h4-6,10-11,16-17H,1-3,14H2;1H/t10-,11+;/m1./s1. The Hall–Kier alpha value is -0.890. The van der Waals surface area contributed by atoms with E-state index in [2.05, 4.69) is 15.9 Å². The Morgan fingerprint density at radius 3 is 2.50 bits per heavy atom. The average molecular weight is 368 g/mol. The molecule has 1 aromatic carbocycles. The van der Waals surface area contributed by atoms with Gasteiger partial charge in [0.05, 0.1) is 21.5 Å². The SMILES string of the molecule is Cl.N[C@H](c1cc([N+](=O)[O-])cc(Br)c1O)[C@@H](O)C1CCC1. The largest absolute Gasteiger partial charge is 0.506 e. The molecule has 1 aliphatic carbocycles. The van der Waals surface area contributed by atoms with E-state index in [4.69, 9.17) is 5.73 Å². The number of benzene rings is 1. The number of nitro benzene ring substituents is 1. The zero-order chi connectivity index (χ0) is 14.2. The minimum Gasteiger partial charge on any atom is -0.506 e. The minimum absolute atomic E-state index is 0. The van der Waals surface area contributed by atoms with Crippen molar-refractivity contribution in [3.8, 4) is 5.75 Å². The van der Waals surface area contributed by atoms with Crippen LogP contribution in [0, 0.1) is 16.0 Å². The predicted octanol–water partition coefficient (Wildman–Crippen LogP) is 2.65. The van der Waals surface area contributed by atoms with E-state index in [1.807, 2.05) is 0 Å². The minimum atomic E-state index is -0.832. The molecule has 2 atom stereocenters. The zero-order valence-corrected chi connectivity index (χ0v) is 12.9. The first-order chi connectivity index (χ1) is 8.91. The van der Waals surface area contributed by atoms with Crippen molar-refractivity contribution in [1.82, 2.24) is 0 Å². The summed E-state index contributed by atoms with van der Waals surface area (Å²) in [5.74, 6) is -0.0519. The number of nitrogens with two attached hydrogens (primary N) is 1. The summed E-state index contributed by atoms with van der Waals surface area (Å²) in [6, 6.07) is 1.59. The highest BCUT2D eigenvalue weighted by Crippen LogP contribution is 2.40. The number of nitro groups is 1. The number of aliphatic hydroxyl groups is 1. The molecule has 6 nitrogen and oxygen atoms in total. The smallest absolute Gasteiger partial charge is 0.271 e. The van der Waals surface area contributed by atoms with Crippen molar-refractivity contribution < 1.29 is 15.1 Å². The van der Waals surface area contributed by atoms with Crippen molar-refractivity contribution in [2.75, 3.05) is 0 Å². The second-order valence-electron chi connectivity index (χ2n) is 4.83. The van der Waals surface area contributed by atoms with E-state index in [1.165, 1.54) is 12.1 Å². The molecule has 0 unspecified atom stereocenters. The average Bonchev–Trinajstić information content (AvgIpc) is 2.29. The first-order valence-corrected chi connectivity index (χ1v) is 6.81. The molecule has 8 heteroatoms. The topological polar surface area (TPSA) is 110 Å². The molecule has 0 bridgehead atoms. The number of aliphatic hydroxyl groups excluding tert-OH is 1. The van der Waals surface area contributed by atoms with E-state index >= 15 is 0 Å². The summed E-state index contributed by atoms with van der Waals surface area (Å²) < 4.78 is 0.202. The predicted molar refractivity (Wildman–Crippen MR) is 80.0 cm³/mol. The van der Waals surface area contributed by atoms with E-state index in [-0.39, 0.29) is 39.8 Å². The van der Waals surface area contributed by atoms with Crippen LogP contribution in [-0.2, 0) is 0 Å². The summed E-state index contributed by atoms with van der Waals surface area (Å²) in [6.07, 6.45) is 2.05. The van der Waals surface area contributed by atoms with Gasteiger partial charge >= 0.3 is 0 Å². The maximum atomic E-state index is 10.8. The Balaban J connectivity index is 0.00000200. The number of phenols is 1. The number of hydrogen-bond donors (Lipinski definition) is 3. The van der Waals surface area contributed by atoms with E-state index in [0.717, 1.165) is 19.3 Å². The number of halogens is 2. The normalized spacial score (nSPS) is 17.8. The maximum Gasteiger partial charge on any atom is 0.271 e. The van der Waals surface area contributed by atoms with E-state index in [0.29, 0.717) is 0 Å². The third kappa shape index (κ3) is 3.22. The van der Waals surface area contributed by atoms with Crippen LogP contribution in [0.2, 0.25) is 0 Å². The van der Waals surface area contributed by atoms with Gasteiger partial charge in [0, 0.05) is 17.7 Å². The Kier molecular flexibility index (Phi) is 5.76. The van der Waals surface area contributed by atoms with Gasteiger partial charge in [-0.05, 0) is 34.7 Å². The molecule has 0 spiro atoms. The van der Waals surface area contributed by atoms with Crippen molar-refractivity contribution in [1.29, 1.82) is 0 Å². The number of phenolic OH excluding ortho intramolecular Hbond substituents is 1. The first kappa shape index (κ1) is 17.2. The van der Waals surface area contributed by atoms with Gasteiger partial charge in [-0.15, -0.1) is 12.4 Å². The second kappa shape index (κ2) is 6.71. The summed E-state index contributed by atoms with van der Waals surface area (Å²) in [7, 11) is 0. The highest BCUT2D eigenvalue weighted by molar-refractivity contribution is 9.10. The third-order valence-corrected chi connectivity index (χ3v) is 4.25. The van der Waals surface area contributed by atoms with Crippen molar-refractivity contribution in [3.63, 3.8) is 0 Å². The van der Waals surface area contributed by atoms with Crippen LogP contribution >= 0.6 is 28.3 Å². The quantitative estimate of drug-likeness (QED) is 0.560. The lowest BCUT2D eigenvalue weighted by Gasteiger charge is -2.34. The summed E-state index contributed by atoms with van der Waals surface area (Å²) in [5, 5.41) is 30.9. The summed E-state index contributed by atoms with van der Waals surface area (Å²) in [5.41, 5.74) is 5.96. The van der Waals surface area contributed by atoms with Gasteiger partial charge in [0.2, 0.25) is 0 Å². The molecular weight excluding hydrogens is 351 g/mol. The molecule has 0 heterocycles. The maximum absolute atomic E-state index is 10.8. The Morgan fingerprint density at radius 2 is 2.05 bits per heavy atom. The lowest BCUT2D eigenvalue weighted by atomic mass is 9.77. The van der Waals surface area contributed by atoms with Crippen LogP contribution in [0.3, 0.4) is 0 Å². The van der Waals surface area contributed by atoms with Crippen molar-refractivity contribution >= 4 is 34.0 Å². The van der Waals surface area contributed by atoms with Crippen LogP contribution < -0.4 is 5.73 Å². The molecule has 20 heavy (non-hydrogen) atoms. The van der Waals surface area contributed by atoms with E-state index < -0.39 is 17.1 Å². The monoisotopic (exact) mass is 366 g/mol. The van der Waals surface area contributed by atoms with Gasteiger partial charge in [0.1, 0.15) is 5.75 Å². The van der Waals surface area contributed by atoms with Gasteiger partial charge < -0.3 is 15.9 Å². The molecule has 2 rings (SSSR count). The molecule has 0 aliphatic heterocycles. The molecule has 0 aromatic heterocycles. The fraction of sp³-hybridized carbons (Fsp3) is 0.500. The van der Waals surface area contributed by atoms with Gasteiger partial charge in [-0.1, -0.05) is 6.42 Å². The third-order valence-electron chi connectivity index (χ3n) is 3.65. The number of hydrogen-bond acceptors (Lipinski definition) is 5. The number of rotatable bonds is 4. The number of aromatic hydroxyl groups is 1. The molecule has 1 fully saturated rings. The molecule has 4 N–H and O–H groups in total. The van der Waals surface area contributed by atoms with Gasteiger partial charge in [-0.2, -0.15) is 0 Å². The summed E-state index contributed by atoms with van der Waals surface area (Å²) in [6.45, 7) is 0. The van der Waals surface area contributed by atoms with Crippen LogP contribution in [0.1, 0.15) is 30.9 Å². The molecular formula is C12H16BrClN2O4. The Labute approximate surface area is 130 Å². The first-order valence-electron chi connectivity index (χ1n) is 6.02. The Bertz CT molecular complexity index is 510. The van der Waals surface area contributed by atoms with Crippen LogP contribution in [0.25, 0.3) is 0 Å². The molecule has 112 valence electrons. The highest BCUT2D eigenvalue weighted by Gasteiger charge is 2.33. The summed E-state index contributed by atoms with van der Waals surface area (Å²) in [4.78, 5) is 10.3. The molecule has 0 amide bonds. The van der Waals surface area contributed by atoms with Crippen LogP contribution in [-0.4, -0.2) is 21.2 Å². The zero-order valence-electron chi connectivity index (χ0n) is 10.5. The van der Waals surface area contributed by atoms with Crippen LogP contribution in [0.4, 0.5) is 5.69 Å². The fourth-order valence-corrected chi connectivity index (χ4v) is 2.69. The van der Waals surface area contributed by atoms with Gasteiger partial charge in [-0.3, -0.25) is 10.1 Å². The number of nitrogens with zero attached hydrogens (tertiary/aromatic N) is 1. The van der Waals surface area contributed by atoms with Crippen LogP contribution in [0.15, 0.2) is 16.6 Å². The van der Waals surface area contributed by atoms with E-state index in [9.17, 15) is 20.3 Å². The van der Waals surface area contributed by atoms with Crippen molar-refractivity contribution in [3.05, 3.63) is 32.3 Å². The van der Waals surface area contributed by atoms with Crippen LogP contribution in [0.5, 0.6) is 5.75 Å². The second-order valence-corrected chi connectivity index (χ2v) is 5.68. The lowest BCUT2D eigenvalue weighted by Crippen LogP contribution is -2.36. The van der Waals surface area contributed by atoms with Gasteiger partial charge in [-0.25, -0.2) is 0 Å². The Morgan fingerprint density at radius 1 is 1.45 bits per heavy atom. The molecule has 1 saturated carbocycles. The molecule has 0 radical (unpaired) electrons. The van der Waals surface area contributed by atoms with E-state index in [1.54, 1.807) is 0 Å². The van der Waals surface area contributed by atoms with Gasteiger partial charge in [0.25, 0.3) is 5.69 Å². The molecule has 1 aromatic rings.